The van der Waals surface area contributed by atoms with Gasteiger partial charge in [-0.25, -0.2) is 0 Å². The molecule has 17 heavy (non-hydrogen) atoms. The molecule has 0 bridgehead atoms. The summed E-state index contributed by atoms with van der Waals surface area (Å²) in [5, 5.41) is 5.00. The van der Waals surface area contributed by atoms with Crippen LogP contribution in [0.3, 0.4) is 0 Å². The van der Waals surface area contributed by atoms with E-state index >= 15 is 0 Å². The van der Waals surface area contributed by atoms with Crippen molar-refractivity contribution in [3.63, 3.8) is 0 Å². The molecule has 1 saturated carbocycles. The molecule has 1 N–H and O–H groups in total. The summed E-state index contributed by atoms with van der Waals surface area (Å²) in [6.45, 7) is 2.27. The molecule has 1 nitrogen and oxygen atoms in total. The average Bonchev–Trinajstić information content (AvgIpc) is 2.33. The first kappa shape index (κ1) is 13.0. The number of anilines is 1. The van der Waals surface area contributed by atoms with Gasteiger partial charge in [0.1, 0.15) is 0 Å². The molecular formula is C14H19Cl2N. The molecular weight excluding hydrogens is 253 g/mol. The zero-order chi connectivity index (χ0) is 12.3. The number of benzene rings is 1. The second-order valence-corrected chi connectivity index (χ2v) is 5.67. The summed E-state index contributed by atoms with van der Waals surface area (Å²) >= 11 is 12.1. The first-order chi connectivity index (χ1) is 8.20. The van der Waals surface area contributed by atoms with Crippen LogP contribution in [0.4, 0.5) is 5.69 Å². The van der Waals surface area contributed by atoms with E-state index < -0.39 is 0 Å². The maximum atomic E-state index is 6.19. The van der Waals surface area contributed by atoms with Crippen molar-refractivity contribution in [1.29, 1.82) is 0 Å². The Morgan fingerprint density at radius 1 is 1.24 bits per heavy atom. The van der Waals surface area contributed by atoms with Gasteiger partial charge in [0.2, 0.25) is 0 Å². The van der Waals surface area contributed by atoms with Crippen LogP contribution >= 0.6 is 23.2 Å². The molecule has 0 heterocycles. The van der Waals surface area contributed by atoms with Gasteiger partial charge < -0.3 is 5.32 Å². The first-order valence-electron chi connectivity index (χ1n) is 6.42. The van der Waals surface area contributed by atoms with E-state index in [1.165, 1.54) is 32.1 Å². The molecule has 1 aliphatic carbocycles. The molecule has 1 aromatic carbocycles. The fourth-order valence-electron chi connectivity index (χ4n) is 2.69. The molecule has 0 amide bonds. The van der Waals surface area contributed by atoms with Gasteiger partial charge in [0, 0.05) is 11.1 Å². The standard InChI is InChI=1S/C14H19Cl2N/c1-2-10-5-3-4-6-13(10)17-14-8-7-11(15)9-12(14)16/h7-10,13,17H,2-6H2,1H3. The van der Waals surface area contributed by atoms with Crippen molar-refractivity contribution in [1.82, 2.24) is 0 Å². The third-order valence-corrected chi connectivity index (χ3v) is 4.25. The highest BCUT2D eigenvalue weighted by Crippen LogP contribution is 2.32. The summed E-state index contributed by atoms with van der Waals surface area (Å²) in [6.07, 6.45) is 6.50. The lowest BCUT2D eigenvalue weighted by atomic mass is 9.83. The van der Waals surface area contributed by atoms with Crippen LogP contribution in [-0.4, -0.2) is 6.04 Å². The van der Waals surface area contributed by atoms with E-state index in [1.807, 2.05) is 12.1 Å². The van der Waals surface area contributed by atoms with Gasteiger partial charge in [0.25, 0.3) is 0 Å². The highest BCUT2D eigenvalue weighted by molar-refractivity contribution is 6.36. The average molecular weight is 272 g/mol. The highest BCUT2D eigenvalue weighted by atomic mass is 35.5. The third-order valence-electron chi connectivity index (χ3n) is 3.71. The second kappa shape index (κ2) is 5.97. The summed E-state index contributed by atoms with van der Waals surface area (Å²) in [5.41, 5.74) is 1.02. The van der Waals surface area contributed by atoms with Gasteiger partial charge in [-0.15, -0.1) is 0 Å². The zero-order valence-electron chi connectivity index (χ0n) is 10.2. The van der Waals surface area contributed by atoms with Gasteiger partial charge in [-0.3, -0.25) is 0 Å². The second-order valence-electron chi connectivity index (χ2n) is 4.83. The van der Waals surface area contributed by atoms with Crippen molar-refractivity contribution in [2.75, 3.05) is 5.32 Å². The van der Waals surface area contributed by atoms with E-state index in [1.54, 1.807) is 6.07 Å². The van der Waals surface area contributed by atoms with Crippen molar-refractivity contribution in [3.8, 4) is 0 Å². The minimum absolute atomic E-state index is 0.562. The van der Waals surface area contributed by atoms with Crippen LogP contribution in [0.2, 0.25) is 10.0 Å². The number of nitrogens with one attached hydrogen (secondary N) is 1. The molecule has 0 radical (unpaired) electrons. The van der Waals surface area contributed by atoms with E-state index in [9.17, 15) is 0 Å². The molecule has 2 unspecified atom stereocenters. The van der Waals surface area contributed by atoms with Gasteiger partial charge >= 0.3 is 0 Å². The van der Waals surface area contributed by atoms with Crippen LogP contribution in [0.25, 0.3) is 0 Å². The maximum absolute atomic E-state index is 6.19. The van der Waals surface area contributed by atoms with Crippen LogP contribution in [0.15, 0.2) is 18.2 Å². The van der Waals surface area contributed by atoms with Crippen molar-refractivity contribution in [3.05, 3.63) is 28.2 Å². The monoisotopic (exact) mass is 271 g/mol. The number of hydrogen-bond donors (Lipinski definition) is 1. The highest BCUT2D eigenvalue weighted by Gasteiger charge is 2.23. The summed E-state index contributed by atoms with van der Waals surface area (Å²) in [4.78, 5) is 0. The first-order valence-corrected chi connectivity index (χ1v) is 7.18. The van der Waals surface area contributed by atoms with Crippen LogP contribution in [-0.2, 0) is 0 Å². The van der Waals surface area contributed by atoms with Crippen LogP contribution < -0.4 is 5.32 Å². The van der Waals surface area contributed by atoms with Gasteiger partial charge in [0.05, 0.1) is 10.7 Å². The molecule has 0 aliphatic heterocycles. The Morgan fingerprint density at radius 2 is 2.00 bits per heavy atom. The predicted molar refractivity (Wildman–Crippen MR) is 76.1 cm³/mol. The maximum Gasteiger partial charge on any atom is 0.0652 e. The van der Waals surface area contributed by atoms with Crippen molar-refractivity contribution < 1.29 is 0 Å². The summed E-state index contributed by atoms with van der Waals surface area (Å²) in [6, 6.07) is 6.23. The van der Waals surface area contributed by atoms with Gasteiger partial charge in [0.15, 0.2) is 0 Å². The van der Waals surface area contributed by atoms with Crippen molar-refractivity contribution in [2.45, 2.75) is 45.1 Å². The van der Waals surface area contributed by atoms with Gasteiger partial charge in [-0.2, -0.15) is 0 Å². The molecule has 1 aliphatic rings. The van der Waals surface area contributed by atoms with E-state index in [0.29, 0.717) is 11.1 Å². The quantitative estimate of drug-likeness (QED) is 0.779. The van der Waals surface area contributed by atoms with Crippen molar-refractivity contribution in [2.24, 2.45) is 5.92 Å². The number of hydrogen-bond acceptors (Lipinski definition) is 1. The van der Waals surface area contributed by atoms with Crippen LogP contribution in [0.1, 0.15) is 39.0 Å². The summed E-state index contributed by atoms with van der Waals surface area (Å²) in [5.74, 6) is 0.774. The van der Waals surface area contributed by atoms with Crippen LogP contribution in [0, 0.1) is 5.92 Å². The molecule has 1 fully saturated rings. The summed E-state index contributed by atoms with van der Waals surface area (Å²) in [7, 11) is 0. The van der Waals surface area contributed by atoms with E-state index in [-0.39, 0.29) is 0 Å². The minimum Gasteiger partial charge on any atom is -0.381 e. The third kappa shape index (κ3) is 3.29. The molecule has 0 aromatic heterocycles. The minimum atomic E-state index is 0.562. The molecule has 1 aromatic rings. The molecule has 2 rings (SSSR count). The fourth-order valence-corrected chi connectivity index (χ4v) is 3.16. The lowest BCUT2D eigenvalue weighted by Crippen LogP contribution is -2.31. The smallest absolute Gasteiger partial charge is 0.0652 e. The Balaban J connectivity index is 2.08. The van der Waals surface area contributed by atoms with Gasteiger partial charge in [-0.1, -0.05) is 49.4 Å². The Morgan fingerprint density at radius 3 is 2.71 bits per heavy atom. The molecule has 0 saturated heterocycles. The zero-order valence-corrected chi connectivity index (χ0v) is 11.7. The van der Waals surface area contributed by atoms with E-state index in [2.05, 4.69) is 12.2 Å². The molecule has 2 atom stereocenters. The van der Waals surface area contributed by atoms with Gasteiger partial charge in [-0.05, 0) is 37.0 Å². The lowest BCUT2D eigenvalue weighted by molar-refractivity contribution is 0.317. The topological polar surface area (TPSA) is 12.0 Å². The molecule has 94 valence electrons. The summed E-state index contributed by atoms with van der Waals surface area (Å²) < 4.78 is 0. The predicted octanol–water partition coefficient (Wildman–Crippen LogP) is 5.37. The Bertz CT molecular complexity index is 378. The lowest BCUT2D eigenvalue weighted by Gasteiger charge is -2.32. The van der Waals surface area contributed by atoms with E-state index in [4.69, 9.17) is 23.2 Å². The SMILES string of the molecule is CCC1CCCCC1Nc1ccc(Cl)cc1Cl. The Labute approximate surface area is 114 Å². The Kier molecular flexibility index (Phi) is 4.58. The van der Waals surface area contributed by atoms with Crippen molar-refractivity contribution >= 4 is 28.9 Å². The molecule has 0 spiro atoms. The van der Waals surface area contributed by atoms with E-state index in [0.717, 1.165) is 16.6 Å². The molecule has 3 heteroatoms. The van der Waals surface area contributed by atoms with Crippen LogP contribution in [0.5, 0.6) is 0 Å². The fraction of sp³-hybridized carbons (Fsp3) is 0.571. The largest absolute Gasteiger partial charge is 0.381 e. The Hall–Kier alpha value is -0.400. The number of halogens is 2. The number of rotatable bonds is 3. The normalized spacial score (nSPS) is 24.6.